The van der Waals surface area contributed by atoms with E-state index in [2.05, 4.69) is 43.5 Å². The van der Waals surface area contributed by atoms with Crippen LogP contribution in [0.4, 0.5) is 74.6 Å². The summed E-state index contributed by atoms with van der Waals surface area (Å²) < 4.78 is 230. The molecule has 1 N–H and O–H groups in total. The average molecular weight is 2030 g/mol. The van der Waals surface area contributed by atoms with Gasteiger partial charge in [0.15, 0.2) is 0 Å². The van der Waals surface area contributed by atoms with E-state index in [-0.39, 0.29) is 142 Å². The predicted molar refractivity (Wildman–Crippen MR) is 306 cm³/mol. The van der Waals surface area contributed by atoms with Gasteiger partial charge in [-0.25, -0.2) is 0 Å². The Bertz CT molecular complexity index is 4240. The molecule has 0 aliphatic rings. The topological polar surface area (TPSA) is 63.6 Å². The third kappa shape index (κ3) is 20.4. The zero-order valence-electron chi connectivity index (χ0n) is 49.9. The molecule has 0 fully saturated rings. The van der Waals surface area contributed by atoms with Crippen molar-refractivity contribution in [2.45, 2.75) is 73.5 Å². The summed E-state index contributed by atoms with van der Waals surface area (Å²) >= 11 is 0. The number of aromatic nitrogens is 4. The van der Waals surface area contributed by atoms with E-state index in [0.717, 1.165) is 66.1 Å². The normalized spacial score (nSPS) is 11.0. The fourth-order valence-electron chi connectivity index (χ4n) is 8.82. The molecule has 0 amide bonds. The summed E-state index contributed by atoms with van der Waals surface area (Å²) in [5, 5.41) is 2.99. The molecule has 0 bridgehead atoms. The van der Waals surface area contributed by atoms with E-state index < -0.39 is 104 Å². The predicted octanol–water partition coefficient (Wildman–Crippen LogP) is 19.6. The van der Waals surface area contributed by atoms with E-state index in [4.69, 9.17) is 0 Å². The summed E-state index contributed by atoms with van der Waals surface area (Å²) in [6, 6.07) is 31.4. The van der Waals surface area contributed by atoms with Crippen molar-refractivity contribution < 1.29 is 155 Å². The second-order valence-corrected chi connectivity index (χ2v) is 20.4. The van der Waals surface area contributed by atoms with Gasteiger partial charge in [0.25, 0.3) is 0 Å². The van der Waals surface area contributed by atoms with Crippen LogP contribution in [0.5, 0.6) is 0 Å². The van der Waals surface area contributed by atoms with Crippen LogP contribution in [0.15, 0.2) is 128 Å². The summed E-state index contributed by atoms with van der Waals surface area (Å²) in [7, 11) is 1.82. The maximum absolute atomic E-state index is 15.2. The molecule has 5 nitrogen and oxygen atoms in total. The Kier molecular flexibility index (Phi) is 29.7. The quantitative estimate of drug-likeness (QED) is 0.121. The van der Waals surface area contributed by atoms with Gasteiger partial charge in [-0.15, -0.1) is 36.4 Å². The molecule has 4 heterocycles. The summed E-state index contributed by atoms with van der Waals surface area (Å²) in [4.78, 5) is 16.1. The zero-order valence-corrected chi connectivity index (χ0v) is 59.5. The first-order valence-corrected chi connectivity index (χ1v) is 26.6. The van der Waals surface area contributed by atoms with Crippen LogP contribution in [0.2, 0.25) is 0 Å². The number of rotatable bonds is 8. The number of hydrogen-bond donors (Lipinski definition) is 1. The van der Waals surface area contributed by atoms with E-state index in [1.54, 1.807) is 62.5 Å². The van der Waals surface area contributed by atoms with Crippen molar-refractivity contribution in [3.05, 3.63) is 260 Å². The number of nitrogens with one attached hydrogen (secondary N) is 1. The molecule has 4 aromatic heterocycles. The number of hydrogen-bond acceptors (Lipinski definition) is 5. The first kappa shape index (κ1) is 81.5. The first-order valence-electron chi connectivity index (χ1n) is 26.6. The van der Waals surface area contributed by atoms with E-state index in [9.17, 15) is 70.2 Å². The Morgan fingerprint density at radius 3 is 1.38 bits per heavy atom. The van der Waals surface area contributed by atoms with Crippen molar-refractivity contribution in [2.75, 3.05) is 7.05 Å². The van der Waals surface area contributed by atoms with Gasteiger partial charge in [0.2, 0.25) is 0 Å². The Balaban J connectivity index is 0.000000327. The van der Waals surface area contributed by atoms with Crippen molar-refractivity contribution in [1.82, 2.24) is 25.3 Å². The summed E-state index contributed by atoms with van der Waals surface area (Å²) in [5.41, 5.74) is -1.38. The molecular formula is C68H48F17Ir4N5-4. The van der Waals surface area contributed by atoms with Crippen molar-refractivity contribution in [3.8, 4) is 67.3 Å². The molecule has 0 aliphatic heterocycles. The molecule has 4 radical (unpaired) electrons. The van der Waals surface area contributed by atoms with Gasteiger partial charge in [-0.2, -0.15) is 39.5 Å². The Morgan fingerprint density at radius 1 is 0.404 bits per heavy atom. The minimum Gasteiger partial charge on any atom is -0.316 e. The number of aryl methyl sites for hydroxylation is 6. The number of halogens is 17. The number of pyridine rings is 4. The smallest absolute Gasteiger partial charge is 0.316 e. The van der Waals surface area contributed by atoms with Crippen molar-refractivity contribution in [3.63, 3.8) is 0 Å². The summed E-state index contributed by atoms with van der Waals surface area (Å²) in [6.07, 6.45) is -8.21. The molecule has 0 atom stereocenters. The van der Waals surface area contributed by atoms with E-state index in [1.165, 1.54) is 57.6 Å². The van der Waals surface area contributed by atoms with E-state index in [0.29, 0.717) is 17.8 Å². The van der Waals surface area contributed by atoms with Crippen LogP contribution < -0.4 is 5.32 Å². The molecular weight excluding hydrogens is 1980 g/mol. The molecule has 0 aliphatic carbocycles. The summed E-state index contributed by atoms with van der Waals surface area (Å²) in [6.45, 7) is 11.2. The number of benzene rings is 6. The average Bonchev–Trinajstić information content (AvgIpc) is 0.796. The van der Waals surface area contributed by atoms with Crippen molar-refractivity contribution in [2.24, 2.45) is 0 Å². The van der Waals surface area contributed by atoms with Crippen LogP contribution in [0, 0.1) is 119 Å². The van der Waals surface area contributed by atoms with Gasteiger partial charge in [-0.05, 0) is 151 Å². The standard InChI is InChI=1S/C21H15F5N.C20H13F5N.C14H9F5N.C13H11F2N2.4Ir/c1-11-4-5-17(27-10-11)16-8-13(3)19(22)18(20(16)23)14-6-12(2)7-15(9-14)21(24,25)26;1-11-3-6-17(26-10-11)15-4-5-16(21)18(19(15)22)13-7-12(2)8-14(9-13)20(23,24)25;1-7-3-4-20-11(5-7)9-6-10(14(17,18)19)13(16)8(2)12(9)15;1-16-8-9-4-5-17-13(6-9)11-3-2-10(14)7-12(11)15;;;;/h4-7,9-10H,1-3H3;3,5-10H,1-2H3;3-5H,1-2H3;2,4-7,16H,8H2,1H3;;;;/q4*-1;;;;. The van der Waals surface area contributed by atoms with Gasteiger partial charge in [0.05, 0.1) is 22.8 Å². The molecule has 0 saturated heterocycles. The van der Waals surface area contributed by atoms with Crippen LogP contribution in [0.1, 0.15) is 61.2 Å². The first-order chi connectivity index (χ1) is 42.2. The number of alkyl halides is 9. The van der Waals surface area contributed by atoms with Gasteiger partial charge in [-0.3, -0.25) is 35.1 Å². The molecule has 504 valence electrons. The van der Waals surface area contributed by atoms with Crippen LogP contribution in [0.25, 0.3) is 67.3 Å². The van der Waals surface area contributed by atoms with E-state index in [1.807, 2.05) is 20.0 Å². The third-order valence-corrected chi connectivity index (χ3v) is 13.2. The monoisotopic (exact) mass is 2030 g/mol. The van der Waals surface area contributed by atoms with Crippen molar-refractivity contribution >= 4 is 0 Å². The number of nitrogens with zero attached hydrogens (tertiary/aromatic N) is 4. The second kappa shape index (κ2) is 34.3. The Hall–Kier alpha value is -6.71. The summed E-state index contributed by atoms with van der Waals surface area (Å²) in [5.74, 6) is -7.95. The van der Waals surface area contributed by atoms with Gasteiger partial charge in [0.1, 0.15) is 0 Å². The van der Waals surface area contributed by atoms with Gasteiger partial charge in [0, 0.05) is 152 Å². The van der Waals surface area contributed by atoms with Crippen LogP contribution in [-0.4, -0.2) is 27.0 Å². The molecule has 6 aromatic carbocycles. The fourth-order valence-corrected chi connectivity index (χ4v) is 8.82. The Morgan fingerprint density at radius 2 is 0.894 bits per heavy atom. The van der Waals surface area contributed by atoms with Gasteiger partial charge < -0.3 is 25.3 Å². The molecule has 10 aromatic rings. The third-order valence-electron chi connectivity index (χ3n) is 13.2. The van der Waals surface area contributed by atoms with Crippen LogP contribution >= 0.6 is 0 Å². The fraction of sp³-hybridized carbons (Fsp3) is 0.176. The molecule has 94 heavy (non-hydrogen) atoms. The second-order valence-electron chi connectivity index (χ2n) is 20.4. The zero-order chi connectivity index (χ0) is 66.3. The minimum atomic E-state index is -4.94. The van der Waals surface area contributed by atoms with Crippen molar-refractivity contribution in [1.29, 1.82) is 0 Å². The van der Waals surface area contributed by atoms with Gasteiger partial charge in [-0.1, -0.05) is 107 Å². The molecule has 10 rings (SSSR count). The SMILES string of the molecule is CNCc1ccnc(-c2[c-]cc(F)cc2F)c1.Cc1ccc(-c2[c-]c(C)c(F)c(-c3cc(C)cc(C(F)(F)F)c3)c2F)nc1.Cc1ccc(-c2[c-]cc(F)c(-c3cc(C)cc(C(F)(F)F)c3)c2F)nc1.Cc1ccnc(-c2[c-]c(C(F)(F)F)c(F)c(C)c2F)c1.[Ir].[Ir].[Ir].[Ir]. The minimum absolute atomic E-state index is 0. The molecule has 0 spiro atoms. The molecule has 0 saturated carbocycles. The van der Waals surface area contributed by atoms with Gasteiger partial charge >= 0.3 is 18.5 Å². The van der Waals surface area contributed by atoms with Crippen LogP contribution in [-0.2, 0) is 105 Å². The maximum Gasteiger partial charge on any atom is 0.416 e. The molecule has 26 heteroatoms. The molecule has 0 unspecified atom stereocenters. The van der Waals surface area contributed by atoms with Crippen LogP contribution in [0.3, 0.4) is 0 Å². The Labute approximate surface area is 583 Å². The van der Waals surface area contributed by atoms with E-state index >= 15 is 4.39 Å². The largest absolute Gasteiger partial charge is 0.416 e. The maximum atomic E-state index is 15.2.